The van der Waals surface area contributed by atoms with Crippen molar-refractivity contribution in [2.24, 2.45) is 0 Å². The zero-order valence-corrected chi connectivity index (χ0v) is 12.1. The fourth-order valence-electron chi connectivity index (χ4n) is 1.45. The van der Waals surface area contributed by atoms with Crippen molar-refractivity contribution in [3.63, 3.8) is 0 Å². The highest BCUT2D eigenvalue weighted by molar-refractivity contribution is 8.00. The van der Waals surface area contributed by atoms with Gasteiger partial charge in [-0.1, -0.05) is 30.1 Å². The van der Waals surface area contributed by atoms with Crippen LogP contribution in [0.15, 0.2) is 23.1 Å². The van der Waals surface area contributed by atoms with Gasteiger partial charge in [-0.05, 0) is 38.6 Å². The Hall–Kier alpha value is 0.110. The molecule has 0 saturated heterocycles. The second-order valence-corrected chi connectivity index (χ2v) is 6.25. The Labute approximate surface area is 112 Å². The van der Waals surface area contributed by atoms with Gasteiger partial charge in [0.05, 0.1) is 5.02 Å². The van der Waals surface area contributed by atoms with Crippen LogP contribution < -0.4 is 5.32 Å². The zero-order chi connectivity index (χ0) is 12.1. The van der Waals surface area contributed by atoms with Gasteiger partial charge >= 0.3 is 0 Å². The molecule has 1 rings (SSSR count). The Balaban J connectivity index is 2.61. The largest absolute Gasteiger partial charge is 0.317 e. The highest BCUT2D eigenvalue weighted by Crippen LogP contribution is 2.33. The molecule has 4 heteroatoms. The van der Waals surface area contributed by atoms with Crippen LogP contribution in [0.2, 0.25) is 10.0 Å². The molecule has 1 aromatic carbocycles. The van der Waals surface area contributed by atoms with Gasteiger partial charge in [0.2, 0.25) is 0 Å². The average molecular weight is 278 g/mol. The molecular weight excluding hydrogens is 261 g/mol. The van der Waals surface area contributed by atoms with E-state index in [1.807, 2.05) is 25.2 Å². The van der Waals surface area contributed by atoms with Gasteiger partial charge < -0.3 is 5.32 Å². The third-order valence-corrected chi connectivity index (χ3v) is 4.26. The van der Waals surface area contributed by atoms with Crippen LogP contribution in [0.25, 0.3) is 0 Å². The summed E-state index contributed by atoms with van der Waals surface area (Å²) in [6.45, 7) is 4.38. The summed E-state index contributed by atoms with van der Waals surface area (Å²) in [5.41, 5.74) is 0. The summed E-state index contributed by atoms with van der Waals surface area (Å²) in [5, 5.41) is 5.26. The maximum Gasteiger partial charge on any atom is 0.0542 e. The van der Waals surface area contributed by atoms with Crippen LogP contribution in [-0.2, 0) is 0 Å². The van der Waals surface area contributed by atoms with Gasteiger partial charge in [-0.15, -0.1) is 11.8 Å². The average Bonchev–Trinajstić information content (AvgIpc) is 2.23. The monoisotopic (exact) mass is 277 g/mol. The summed E-state index contributed by atoms with van der Waals surface area (Å²) >= 11 is 13.8. The van der Waals surface area contributed by atoms with Gasteiger partial charge in [0.1, 0.15) is 0 Å². The van der Waals surface area contributed by atoms with Gasteiger partial charge in [0.25, 0.3) is 0 Å². The fourth-order valence-corrected chi connectivity index (χ4v) is 3.13. The Bertz CT molecular complexity index is 344. The summed E-state index contributed by atoms with van der Waals surface area (Å²) in [7, 11) is 1.98. The molecule has 0 saturated carbocycles. The van der Waals surface area contributed by atoms with Crippen LogP contribution in [0.5, 0.6) is 0 Å². The molecule has 0 bridgehead atoms. The Morgan fingerprint density at radius 1 is 1.31 bits per heavy atom. The first-order valence-electron chi connectivity index (χ1n) is 5.32. The number of hydrogen-bond acceptors (Lipinski definition) is 2. The highest BCUT2D eigenvalue weighted by Gasteiger charge is 2.11. The zero-order valence-electron chi connectivity index (χ0n) is 9.76. The molecule has 16 heavy (non-hydrogen) atoms. The molecule has 0 radical (unpaired) electrons. The quantitative estimate of drug-likeness (QED) is 0.797. The number of nitrogens with one attached hydrogen (secondary N) is 1. The second-order valence-electron chi connectivity index (χ2n) is 3.93. The number of rotatable bonds is 5. The van der Waals surface area contributed by atoms with E-state index in [9.17, 15) is 0 Å². The standard InChI is InChI=1S/C12H17Cl2NS/c1-8(15-3)6-9(2)16-12-7-10(13)4-5-11(12)14/h4-5,7-9,15H,6H2,1-3H3. The molecule has 0 aliphatic heterocycles. The minimum atomic E-state index is 0.512. The van der Waals surface area contributed by atoms with Crippen molar-refractivity contribution in [3.8, 4) is 0 Å². The van der Waals surface area contributed by atoms with E-state index in [0.29, 0.717) is 11.3 Å². The lowest BCUT2D eigenvalue weighted by molar-refractivity contribution is 0.564. The van der Waals surface area contributed by atoms with Crippen molar-refractivity contribution in [1.29, 1.82) is 0 Å². The van der Waals surface area contributed by atoms with Crippen molar-refractivity contribution < 1.29 is 0 Å². The SMILES string of the molecule is CNC(C)CC(C)Sc1cc(Cl)ccc1Cl. The summed E-state index contributed by atoms with van der Waals surface area (Å²) in [6.07, 6.45) is 1.10. The van der Waals surface area contributed by atoms with Crippen LogP contribution >= 0.6 is 35.0 Å². The van der Waals surface area contributed by atoms with Crippen molar-refractivity contribution in [2.45, 2.75) is 36.5 Å². The van der Waals surface area contributed by atoms with Gasteiger partial charge in [-0.25, -0.2) is 0 Å². The molecule has 1 N–H and O–H groups in total. The van der Waals surface area contributed by atoms with Gasteiger partial charge in [0, 0.05) is 21.2 Å². The normalized spacial score (nSPS) is 14.8. The number of thioether (sulfide) groups is 1. The van der Waals surface area contributed by atoms with Crippen molar-refractivity contribution in [2.75, 3.05) is 7.05 Å². The van der Waals surface area contributed by atoms with Crippen molar-refractivity contribution in [1.82, 2.24) is 5.32 Å². The first-order chi connectivity index (χ1) is 7.52. The molecule has 1 nitrogen and oxygen atoms in total. The van der Waals surface area contributed by atoms with Crippen LogP contribution in [0.4, 0.5) is 0 Å². The lowest BCUT2D eigenvalue weighted by Gasteiger charge is -2.17. The van der Waals surface area contributed by atoms with Gasteiger partial charge in [-0.2, -0.15) is 0 Å². The van der Waals surface area contributed by atoms with Crippen LogP contribution in [0, 0.1) is 0 Å². The Morgan fingerprint density at radius 2 is 2.00 bits per heavy atom. The van der Waals surface area contributed by atoms with E-state index in [4.69, 9.17) is 23.2 Å². The molecule has 0 spiro atoms. The highest BCUT2D eigenvalue weighted by atomic mass is 35.5. The molecule has 0 aliphatic rings. The molecule has 0 aliphatic carbocycles. The van der Waals surface area contributed by atoms with E-state index >= 15 is 0 Å². The lowest BCUT2D eigenvalue weighted by atomic mass is 10.2. The van der Waals surface area contributed by atoms with E-state index in [1.54, 1.807) is 11.8 Å². The molecule has 0 heterocycles. The first-order valence-corrected chi connectivity index (χ1v) is 6.95. The predicted molar refractivity (Wildman–Crippen MR) is 74.9 cm³/mol. The summed E-state index contributed by atoms with van der Waals surface area (Å²) in [4.78, 5) is 1.06. The number of halogens is 2. The lowest BCUT2D eigenvalue weighted by Crippen LogP contribution is -2.24. The molecule has 0 amide bonds. The summed E-state index contributed by atoms with van der Waals surface area (Å²) < 4.78 is 0. The third-order valence-electron chi connectivity index (χ3n) is 2.40. The molecule has 2 unspecified atom stereocenters. The Morgan fingerprint density at radius 3 is 2.62 bits per heavy atom. The minimum Gasteiger partial charge on any atom is -0.317 e. The number of benzene rings is 1. The maximum absolute atomic E-state index is 6.12. The van der Waals surface area contributed by atoms with Crippen molar-refractivity contribution >= 4 is 35.0 Å². The second kappa shape index (κ2) is 6.75. The van der Waals surface area contributed by atoms with Gasteiger partial charge in [-0.3, -0.25) is 0 Å². The van der Waals surface area contributed by atoms with Crippen LogP contribution in [-0.4, -0.2) is 18.3 Å². The summed E-state index contributed by atoms with van der Waals surface area (Å²) in [6, 6.07) is 6.10. The minimum absolute atomic E-state index is 0.512. The maximum atomic E-state index is 6.12. The van der Waals surface area contributed by atoms with E-state index in [0.717, 1.165) is 21.4 Å². The topological polar surface area (TPSA) is 12.0 Å². The fraction of sp³-hybridized carbons (Fsp3) is 0.500. The molecule has 2 atom stereocenters. The van der Waals surface area contributed by atoms with E-state index in [1.165, 1.54) is 0 Å². The van der Waals surface area contributed by atoms with E-state index in [-0.39, 0.29) is 0 Å². The van der Waals surface area contributed by atoms with E-state index < -0.39 is 0 Å². The van der Waals surface area contributed by atoms with Crippen LogP contribution in [0.3, 0.4) is 0 Å². The summed E-state index contributed by atoms with van der Waals surface area (Å²) in [5.74, 6) is 0. The Kier molecular flexibility index (Phi) is 5.98. The number of hydrogen-bond donors (Lipinski definition) is 1. The molecule has 90 valence electrons. The molecule has 1 aromatic rings. The van der Waals surface area contributed by atoms with Gasteiger partial charge in [0.15, 0.2) is 0 Å². The molecule has 0 fully saturated rings. The smallest absolute Gasteiger partial charge is 0.0542 e. The van der Waals surface area contributed by atoms with Crippen molar-refractivity contribution in [3.05, 3.63) is 28.2 Å². The van der Waals surface area contributed by atoms with E-state index in [2.05, 4.69) is 19.2 Å². The third kappa shape index (κ3) is 4.54. The van der Waals surface area contributed by atoms with Crippen LogP contribution in [0.1, 0.15) is 20.3 Å². The molecule has 0 aromatic heterocycles. The first kappa shape index (κ1) is 14.2. The predicted octanol–water partition coefficient (Wildman–Crippen LogP) is 4.47. The molecular formula is C12H17Cl2NS.